The monoisotopic (exact) mass is 296 g/mol. The topological polar surface area (TPSA) is 41.6 Å². The molecular weight excluding hydrogens is 264 g/mol. The Morgan fingerprint density at radius 3 is 2.71 bits per heavy atom. The number of esters is 1. The molecule has 4 heteroatoms. The Labute approximate surface area is 129 Å². The van der Waals surface area contributed by atoms with Gasteiger partial charge in [-0.15, -0.1) is 0 Å². The predicted octanol–water partition coefficient (Wildman–Crippen LogP) is 2.43. The Morgan fingerprint density at radius 2 is 2.10 bits per heavy atom. The van der Waals surface area contributed by atoms with Gasteiger partial charge in [-0.2, -0.15) is 0 Å². The van der Waals surface area contributed by atoms with Gasteiger partial charge in [0.15, 0.2) is 0 Å². The standard InChI is InChI=1S/C17H32N2O2/c1-6-21-16(20)17(18-5)8-7-15(10-17)19-11-12(2)9-13(3)14(19)4/h12-15,18H,6-11H2,1-5H3. The normalized spacial score (nSPS) is 41.2. The molecule has 1 aliphatic carbocycles. The number of likely N-dealkylation sites (tertiary alicyclic amines) is 1. The van der Waals surface area contributed by atoms with Crippen LogP contribution in [0.5, 0.6) is 0 Å². The van der Waals surface area contributed by atoms with Crippen LogP contribution in [0.3, 0.4) is 0 Å². The van der Waals surface area contributed by atoms with Gasteiger partial charge in [-0.05, 0) is 58.4 Å². The molecule has 0 aromatic carbocycles. The molecule has 0 aromatic rings. The van der Waals surface area contributed by atoms with Gasteiger partial charge in [0.25, 0.3) is 0 Å². The number of hydrogen-bond acceptors (Lipinski definition) is 4. The summed E-state index contributed by atoms with van der Waals surface area (Å²) < 4.78 is 5.30. The van der Waals surface area contributed by atoms with Gasteiger partial charge in [-0.25, -0.2) is 0 Å². The van der Waals surface area contributed by atoms with Crippen molar-refractivity contribution < 1.29 is 9.53 Å². The van der Waals surface area contributed by atoms with Gasteiger partial charge in [0, 0.05) is 18.6 Å². The summed E-state index contributed by atoms with van der Waals surface area (Å²) in [5, 5.41) is 3.27. The van der Waals surface area contributed by atoms with Crippen LogP contribution in [0.25, 0.3) is 0 Å². The minimum absolute atomic E-state index is 0.0687. The van der Waals surface area contributed by atoms with E-state index in [1.807, 2.05) is 14.0 Å². The van der Waals surface area contributed by atoms with Crippen LogP contribution in [0.1, 0.15) is 53.4 Å². The summed E-state index contributed by atoms with van der Waals surface area (Å²) in [6, 6.07) is 1.11. The third kappa shape index (κ3) is 3.26. The Hall–Kier alpha value is -0.610. The van der Waals surface area contributed by atoms with Crippen molar-refractivity contribution in [3.05, 3.63) is 0 Å². The molecule has 0 bridgehead atoms. The van der Waals surface area contributed by atoms with Crippen LogP contribution in [0.15, 0.2) is 0 Å². The summed E-state index contributed by atoms with van der Waals surface area (Å²) in [6.45, 7) is 10.6. The number of carbonyl (C=O) groups excluding carboxylic acids is 1. The average molecular weight is 296 g/mol. The summed E-state index contributed by atoms with van der Waals surface area (Å²) in [5.41, 5.74) is -0.468. The van der Waals surface area contributed by atoms with E-state index in [-0.39, 0.29) is 5.97 Å². The van der Waals surface area contributed by atoms with Crippen molar-refractivity contribution in [3.63, 3.8) is 0 Å². The number of piperidine rings is 1. The maximum atomic E-state index is 12.3. The maximum Gasteiger partial charge on any atom is 0.326 e. The fourth-order valence-corrected chi connectivity index (χ4v) is 4.33. The lowest BCUT2D eigenvalue weighted by Crippen LogP contribution is -2.53. The highest BCUT2D eigenvalue weighted by Gasteiger charge is 2.48. The molecule has 122 valence electrons. The van der Waals surface area contributed by atoms with Crippen LogP contribution in [0, 0.1) is 11.8 Å². The van der Waals surface area contributed by atoms with E-state index in [2.05, 4.69) is 31.0 Å². The van der Waals surface area contributed by atoms with Crippen molar-refractivity contribution in [2.24, 2.45) is 11.8 Å². The first-order valence-electron chi connectivity index (χ1n) is 8.55. The van der Waals surface area contributed by atoms with Crippen molar-refractivity contribution in [2.45, 2.75) is 71.0 Å². The summed E-state index contributed by atoms with van der Waals surface area (Å²) in [5.74, 6) is 1.42. The van der Waals surface area contributed by atoms with E-state index in [1.54, 1.807) is 0 Å². The van der Waals surface area contributed by atoms with Crippen molar-refractivity contribution in [2.75, 3.05) is 20.2 Å². The lowest BCUT2D eigenvalue weighted by molar-refractivity contribution is -0.151. The second-order valence-corrected chi connectivity index (χ2v) is 7.20. The maximum absolute atomic E-state index is 12.3. The van der Waals surface area contributed by atoms with Crippen molar-refractivity contribution in [1.29, 1.82) is 0 Å². The molecule has 5 unspecified atom stereocenters. The molecule has 1 aliphatic heterocycles. The van der Waals surface area contributed by atoms with Crippen LogP contribution in [0.2, 0.25) is 0 Å². The largest absolute Gasteiger partial charge is 0.465 e. The molecule has 1 saturated carbocycles. The second kappa shape index (κ2) is 6.66. The zero-order chi connectivity index (χ0) is 15.6. The number of hydrogen-bond donors (Lipinski definition) is 1. The third-order valence-corrected chi connectivity index (χ3v) is 5.75. The number of ether oxygens (including phenoxy) is 1. The van der Waals surface area contributed by atoms with E-state index in [0.717, 1.165) is 31.1 Å². The molecule has 2 aliphatic rings. The van der Waals surface area contributed by atoms with Gasteiger partial charge in [-0.3, -0.25) is 9.69 Å². The van der Waals surface area contributed by atoms with Gasteiger partial charge in [-0.1, -0.05) is 13.8 Å². The van der Waals surface area contributed by atoms with Crippen molar-refractivity contribution in [1.82, 2.24) is 10.2 Å². The Kier molecular flexibility index (Phi) is 5.31. The van der Waals surface area contributed by atoms with Crippen LogP contribution in [0.4, 0.5) is 0 Å². The second-order valence-electron chi connectivity index (χ2n) is 7.20. The number of rotatable bonds is 4. The van der Waals surface area contributed by atoms with Gasteiger partial charge < -0.3 is 10.1 Å². The van der Waals surface area contributed by atoms with Gasteiger partial charge in [0.05, 0.1) is 6.61 Å². The van der Waals surface area contributed by atoms with Crippen molar-refractivity contribution >= 4 is 5.97 Å². The van der Waals surface area contributed by atoms with E-state index in [0.29, 0.717) is 18.7 Å². The number of carbonyl (C=O) groups is 1. The number of nitrogens with one attached hydrogen (secondary N) is 1. The highest BCUT2D eigenvalue weighted by molar-refractivity contribution is 5.81. The minimum atomic E-state index is -0.468. The van der Waals surface area contributed by atoms with Crippen LogP contribution in [-0.4, -0.2) is 48.7 Å². The predicted molar refractivity (Wildman–Crippen MR) is 85.2 cm³/mol. The first kappa shape index (κ1) is 16.8. The molecular formula is C17H32N2O2. The quantitative estimate of drug-likeness (QED) is 0.809. The molecule has 1 heterocycles. The zero-order valence-electron chi connectivity index (χ0n) is 14.3. The molecule has 1 saturated heterocycles. The van der Waals surface area contributed by atoms with E-state index in [4.69, 9.17) is 4.74 Å². The molecule has 0 spiro atoms. The van der Waals surface area contributed by atoms with Crippen LogP contribution >= 0.6 is 0 Å². The Bertz CT molecular complexity index is 374. The number of nitrogens with zero attached hydrogens (tertiary/aromatic N) is 1. The highest BCUT2D eigenvalue weighted by atomic mass is 16.5. The SMILES string of the molecule is CCOC(=O)C1(NC)CCC(N2CC(C)CC(C)C2C)C1. The fourth-order valence-electron chi connectivity index (χ4n) is 4.33. The Balaban J connectivity index is 2.08. The number of likely N-dealkylation sites (N-methyl/N-ethyl adjacent to an activating group) is 1. The molecule has 4 nitrogen and oxygen atoms in total. The summed E-state index contributed by atoms with van der Waals surface area (Å²) in [6.07, 6.45) is 4.17. The third-order valence-electron chi connectivity index (χ3n) is 5.75. The van der Waals surface area contributed by atoms with Crippen LogP contribution < -0.4 is 5.32 Å². The van der Waals surface area contributed by atoms with E-state index in [1.165, 1.54) is 13.0 Å². The highest BCUT2D eigenvalue weighted by Crippen LogP contribution is 2.38. The van der Waals surface area contributed by atoms with Crippen LogP contribution in [-0.2, 0) is 9.53 Å². The molecule has 2 rings (SSSR count). The molecule has 1 N–H and O–H groups in total. The molecule has 0 aromatic heterocycles. The van der Waals surface area contributed by atoms with E-state index >= 15 is 0 Å². The fraction of sp³-hybridized carbons (Fsp3) is 0.941. The molecule has 21 heavy (non-hydrogen) atoms. The minimum Gasteiger partial charge on any atom is -0.465 e. The van der Waals surface area contributed by atoms with Crippen molar-refractivity contribution in [3.8, 4) is 0 Å². The lowest BCUT2D eigenvalue weighted by atomic mass is 9.84. The molecule has 2 fully saturated rings. The van der Waals surface area contributed by atoms with Gasteiger partial charge >= 0.3 is 5.97 Å². The first-order chi connectivity index (χ1) is 9.93. The first-order valence-corrected chi connectivity index (χ1v) is 8.55. The molecule has 0 radical (unpaired) electrons. The molecule has 5 atom stereocenters. The van der Waals surface area contributed by atoms with Gasteiger partial charge in [0.2, 0.25) is 0 Å². The summed E-state index contributed by atoms with van der Waals surface area (Å²) in [4.78, 5) is 15.0. The lowest BCUT2D eigenvalue weighted by Gasteiger charge is -2.45. The molecule has 0 amide bonds. The summed E-state index contributed by atoms with van der Waals surface area (Å²) >= 11 is 0. The Morgan fingerprint density at radius 1 is 1.38 bits per heavy atom. The van der Waals surface area contributed by atoms with Gasteiger partial charge in [0.1, 0.15) is 5.54 Å². The summed E-state index contributed by atoms with van der Waals surface area (Å²) in [7, 11) is 1.89. The van der Waals surface area contributed by atoms with E-state index < -0.39 is 5.54 Å². The van der Waals surface area contributed by atoms with E-state index in [9.17, 15) is 4.79 Å². The smallest absolute Gasteiger partial charge is 0.326 e. The average Bonchev–Trinajstić information content (AvgIpc) is 2.88. The zero-order valence-corrected chi connectivity index (χ0v) is 14.3.